The van der Waals surface area contributed by atoms with Gasteiger partial charge in [0, 0.05) is 25.9 Å². The van der Waals surface area contributed by atoms with Gasteiger partial charge in [-0.05, 0) is 37.7 Å². The van der Waals surface area contributed by atoms with Gasteiger partial charge in [0.1, 0.15) is 5.82 Å². The van der Waals surface area contributed by atoms with Crippen LogP contribution in [0.4, 0.5) is 11.8 Å². The van der Waals surface area contributed by atoms with Crippen molar-refractivity contribution in [2.24, 2.45) is 13.0 Å². The maximum absolute atomic E-state index is 9.19. The molecule has 7 heteroatoms. The van der Waals surface area contributed by atoms with Gasteiger partial charge >= 0.3 is 0 Å². The molecule has 7 nitrogen and oxygen atoms in total. The van der Waals surface area contributed by atoms with Gasteiger partial charge in [-0.3, -0.25) is 4.68 Å². The molecule has 2 aromatic heterocycles. The third-order valence-electron chi connectivity index (χ3n) is 4.35. The number of nitrogen functional groups attached to an aromatic ring is 1. The molecular formula is C15H22N6O. The molecule has 1 aliphatic carbocycles. The fourth-order valence-electron chi connectivity index (χ4n) is 2.89. The van der Waals surface area contributed by atoms with Gasteiger partial charge in [0.15, 0.2) is 0 Å². The van der Waals surface area contributed by atoms with Crippen LogP contribution < -0.4 is 11.1 Å². The van der Waals surface area contributed by atoms with Gasteiger partial charge in [0.05, 0.1) is 17.5 Å². The average molecular weight is 302 g/mol. The first kappa shape index (κ1) is 14.8. The van der Waals surface area contributed by atoms with E-state index in [-0.39, 0.29) is 0 Å². The minimum Gasteiger partial charge on any atom is -0.396 e. The zero-order valence-corrected chi connectivity index (χ0v) is 12.7. The minimum atomic E-state index is 0.291. The first-order valence-corrected chi connectivity index (χ1v) is 7.65. The van der Waals surface area contributed by atoms with E-state index in [1.54, 1.807) is 24.1 Å². The van der Waals surface area contributed by atoms with Gasteiger partial charge in [0.2, 0.25) is 5.95 Å². The van der Waals surface area contributed by atoms with E-state index in [2.05, 4.69) is 20.4 Å². The Morgan fingerprint density at radius 1 is 1.36 bits per heavy atom. The van der Waals surface area contributed by atoms with Crippen LogP contribution in [-0.4, -0.2) is 37.5 Å². The SMILES string of the molecule is Cn1ncc(-c2ccnc(NC3CCC(CO)CC3)n2)c1N. The van der Waals surface area contributed by atoms with Crippen molar-refractivity contribution in [3.63, 3.8) is 0 Å². The molecule has 0 unspecified atom stereocenters. The Balaban J connectivity index is 1.71. The number of hydrogen-bond acceptors (Lipinski definition) is 6. The normalized spacial score (nSPS) is 21.7. The fraction of sp³-hybridized carbons (Fsp3) is 0.533. The van der Waals surface area contributed by atoms with Gasteiger partial charge in [-0.2, -0.15) is 5.10 Å². The van der Waals surface area contributed by atoms with E-state index in [1.165, 1.54) is 0 Å². The first-order chi connectivity index (χ1) is 10.7. The highest BCUT2D eigenvalue weighted by Gasteiger charge is 2.21. The first-order valence-electron chi connectivity index (χ1n) is 7.65. The smallest absolute Gasteiger partial charge is 0.223 e. The summed E-state index contributed by atoms with van der Waals surface area (Å²) >= 11 is 0. The van der Waals surface area contributed by atoms with E-state index >= 15 is 0 Å². The summed E-state index contributed by atoms with van der Waals surface area (Å²) in [5.41, 5.74) is 7.58. The van der Waals surface area contributed by atoms with Crippen LogP contribution in [0.1, 0.15) is 25.7 Å². The van der Waals surface area contributed by atoms with Gasteiger partial charge in [-0.15, -0.1) is 0 Å². The number of aryl methyl sites for hydroxylation is 1. The molecule has 4 N–H and O–H groups in total. The second-order valence-electron chi connectivity index (χ2n) is 5.88. The van der Waals surface area contributed by atoms with Crippen molar-refractivity contribution in [1.82, 2.24) is 19.7 Å². The molecule has 3 rings (SSSR count). The highest BCUT2D eigenvalue weighted by molar-refractivity contribution is 5.70. The fourth-order valence-corrected chi connectivity index (χ4v) is 2.89. The third kappa shape index (κ3) is 3.04. The summed E-state index contributed by atoms with van der Waals surface area (Å²) in [4.78, 5) is 8.84. The maximum Gasteiger partial charge on any atom is 0.223 e. The van der Waals surface area contributed by atoms with Gasteiger partial charge in [-0.25, -0.2) is 9.97 Å². The number of anilines is 2. The molecule has 0 bridgehead atoms. The maximum atomic E-state index is 9.19. The number of aliphatic hydroxyl groups excluding tert-OH is 1. The van der Waals surface area contributed by atoms with Crippen molar-refractivity contribution >= 4 is 11.8 Å². The molecule has 0 aliphatic heterocycles. The Hall–Kier alpha value is -2.15. The Labute approximate surface area is 129 Å². The Bertz CT molecular complexity index is 633. The molecule has 22 heavy (non-hydrogen) atoms. The largest absolute Gasteiger partial charge is 0.396 e. The van der Waals surface area contributed by atoms with Crippen LogP contribution in [0.15, 0.2) is 18.5 Å². The number of nitrogens with one attached hydrogen (secondary N) is 1. The lowest BCUT2D eigenvalue weighted by molar-refractivity contribution is 0.185. The summed E-state index contributed by atoms with van der Waals surface area (Å²) in [7, 11) is 1.80. The molecule has 0 amide bonds. The van der Waals surface area contributed by atoms with E-state index in [4.69, 9.17) is 5.73 Å². The summed E-state index contributed by atoms with van der Waals surface area (Å²) in [6, 6.07) is 2.20. The number of aliphatic hydroxyl groups is 1. The van der Waals surface area contributed by atoms with E-state index in [1.807, 2.05) is 6.07 Å². The monoisotopic (exact) mass is 302 g/mol. The van der Waals surface area contributed by atoms with Gasteiger partial charge in [0.25, 0.3) is 0 Å². The minimum absolute atomic E-state index is 0.291. The lowest BCUT2D eigenvalue weighted by Crippen LogP contribution is -2.28. The molecule has 1 saturated carbocycles. The molecule has 0 atom stereocenters. The topological polar surface area (TPSA) is 102 Å². The van der Waals surface area contributed by atoms with Crippen molar-refractivity contribution in [1.29, 1.82) is 0 Å². The van der Waals surface area contributed by atoms with Crippen LogP contribution in [0.2, 0.25) is 0 Å². The number of rotatable bonds is 4. The molecule has 0 saturated heterocycles. The van der Waals surface area contributed by atoms with Crippen molar-refractivity contribution in [3.05, 3.63) is 18.5 Å². The summed E-state index contributed by atoms with van der Waals surface area (Å²) in [6.45, 7) is 0.291. The van der Waals surface area contributed by atoms with E-state index < -0.39 is 0 Å². The highest BCUT2D eigenvalue weighted by Crippen LogP contribution is 2.27. The van der Waals surface area contributed by atoms with Gasteiger partial charge < -0.3 is 16.2 Å². The van der Waals surface area contributed by atoms with Crippen LogP contribution in [0.5, 0.6) is 0 Å². The highest BCUT2D eigenvalue weighted by atomic mass is 16.3. The van der Waals surface area contributed by atoms with Crippen LogP contribution in [0.25, 0.3) is 11.3 Å². The Morgan fingerprint density at radius 2 is 2.14 bits per heavy atom. The Morgan fingerprint density at radius 3 is 2.77 bits per heavy atom. The molecule has 0 radical (unpaired) electrons. The molecular weight excluding hydrogens is 280 g/mol. The molecule has 2 aromatic rings. The molecule has 0 spiro atoms. The zero-order chi connectivity index (χ0) is 15.5. The number of nitrogens with zero attached hydrogens (tertiary/aromatic N) is 4. The second kappa shape index (κ2) is 6.31. The third-order valence-corrected chi connectivity index (χ3v) is 4.35. The number of aromatic nitrogens is 4. The molecule has 0 aromatic carbocycles. The Kier molecular flexibility index (Phi) is 4.24. The average Bonchev–Trinajstić information content (AvgIpc) is 2.88. The van der Waals surface area contributed by atoms with E-state index in [0.29, 0.717) is 30.3 Å². The van der Waals surface area contributed by atoms with Crippen molar-refractivity contribution in [2.45, 2.75) is 31.7 Å². The summed E-state index contributed by atoms with van der Waals surface area (Å²) in [6.07, 6.45) is 7.61. The van der Waals surface area contributed by atoms with Crippen molar-refractivity contribution < 1.29 is 5.11 Å². The van der Waals surface area contributed by atoms with Gasteiger partial charge in [-0.1, -0.05) is 0 Å². The second-order valence-corrected chi connectivity index (χ2v) is 5.88. The van der Waals surface area contributed by atoms with Crippen molar-refractivity contribution in [2.75, 3.05) is 17.7 Å². The molecule has 1 fully saturated rings. The predicted molar refractivity (Wildman–Crippen MR) is 85.1 cm³/mol. The quantitative estimate of drug-likeness (QED) is 0.789. The predicted octanol–water partition coefficient (Wildman–Crippen LogP) is 1.42. The lowest BCUT2D eigenvalue weighted by Gasteiger charge is -2.27. The van der Waals surface area contributed by atoms with E-state index in [9.17, 15) is 5.11 Å². The lowest BCUT2D eigenvalue weighted by atomic mass is 9.87. The summed E-state index contributed by atoms with van der Waals surface area (Å²) in [5.74, 6) is 1.65. The standard InChI is InChI=1S/C15H22N6O/c1-21-14(16)12(8-18-21)13-6-7-17-15(20-13)19-11-4-2-10(9-22)3-5-11/h6-8,10-11,22H,2-5,9,16H2,1H3,(H,17,19,20). The summed E-state index contributed by atoms with van der Waals surface area (Å²) < 4.78 is 1.63. The van der Waals surface area contributed by atoms with Crippen molar-refractivity contribution in [3.8, 4) is 11.3 Å². The number of hydrogen-bond donors (Lipinski definition) is 3. The van der Waals surface area contributed by atoms with Crippen LogP contribution in [0, 0.1) is 5.92 Å². The van der Waals surface area contributed by atoms with Crippen LogP contribution in [-0.2, 0) is 7.05 Å². The molecule has 1 aliphatic rings. The summed E-state index contributed by atoms with van der Waals surface area (Å²) in [5, 5.41) is 16.7. The number of nitrogens with two attached hydrogens (primary N) is 1. The molecule has 2 heterocycles. The molecule has 118 valence electrons. The van der Waals surface area contributed by atoms with Crippen LogP contribution in [0.3, 0.4) is 0 Å². The zero-order valence-electron chi connectivity index (χ0n) is 12.7. The van der Waals surface area contributed by atoms with E-state index in [0.717, 1.165) is 36.9 Å². The van der Waals surface area contributed by atoms with Crippen LogP contribution >= 0.6 is 0 Å².